The number of anilines is 1. The van der Waals surface area contributed by atoms with E-state index in [1.54, 1.807) is 6.92 Å². The second-order valence-electron chi connectivity index (χ2n) is 6.94. The first kappa shape index (κ1) is 20.3. The van der Waals surface area contributed by atoms with E-state index in [2.05, 4.69) is 10.3 Å². The van der Waals surface area contributed by atoms with Crippen LogP contribution in [-0.2, 0) is 22.5 Å². The largest absolute Gasteiger partial charge is 0.464 e. The number of aromatic nitrogens is 2. The molecule has 6 nitrogen and oxygen atoms in total. The van der Waals surface area contributed by atoms with Crippen molar-refractivity contribution in [3.05, 3.63) is 56.3 Å². The average Bonchev–Trinajstić information content (AvgIpc) is 3.09. The van der Waals surface area contributed by atoms with Crippen LogP contribution in [0.4, 0.5) is 10.2 Å². The number of carbonyl (C=O) groups excluding carboxylic acids is 1. The fourth-order valence-corrected chi connectivity index (χ4v) is 3.62. The lowest BCUT2D eigenvalue weighted by molar-refractivity contribution is -0.147. The second-order valence-corrected chi connectivity index (χ2v) is 7.30. The van der Waals surface area contributed by atoms with Crippen molar-refractivity contribution in [2.75, 3.05) is 11.9 Å². The van der Waals surface area contributed by atoms with E-state index in [4.69, 9.17) is 16.3 Å². The van der Waals surface area contributed by atoms with Crippen molar-refractivity contribution < 1.29 is 13.9 Å². The summed E-state index contributed by atoms with van der Waals surface area (Å²) in [7, 11) is 0. The Labute approximate surface area is 167 Å². The van der Waals surface area contributed by atoms with Gasteiger partial charge in [0, 0.05) is 6.54 Å². The lowest BCUT2D eigenvalue weighted by atomic mass is 10.1. The van der Waals surface area contributed by atoms with Crippen LogP contribution in [0.25, 0.3) is 0 Å². The van der Waals surface area contributed by atoms with Gasteiger partial charge in [-0.3, -0.25) is 9.36 Å². The van der Waals surface area contributed by atoms with E-state index in [1.165, 1.54) is 16.7 Å². The number of esters is 1. The molecule has 1 aliphatic rings. The zero-order chi connectivity index (χ0) is 20.3. The molecule has 0 amide bonds. The molecule has 0 saturated carbocycles. The normalized spacial score (nSPS) is 15.4. The number of carbonyl (C=O) groups is 1. The van der Waals surface area contributed by atoms with Gasteiger partial charge in [0.25, 0.3) is 5.56 Å². The molecular formula is C20H23ClFN3O3. The summed E-state index contributed by atoms with van der Waals surface area (Å²) in [6.45, 7) is 4.34. The zero-order valence-corrected chi connectivity index (χ0v) is 16.7. The van der Waals surface area contributed by atoms with Crippen LogP contribution in [0, 0.1) is 12.7 Å². The van der Waals surface area contributed by atoms with E-state index in [-0.39, 0.29) is 23.3 Å². The Balaban J connectivity index is 1.83. The number of nitrogens with zero attached hydrogens (tertiary/aromatic N) is 2. The SMILES string of the molecule is CCCCOC(=O)[C@@H]1CCc2c(Cl)nc(NCc3cc(C)cc(F)c3)c(=O)n21. The number of hydrogen-bond donors (Lipinski definition) is 1. The number of ether oxygens (including phenoxy) is 1. The molecule has 28 heavy (non-hydrogen) atoms. The Kier molecular flexibility index (Phi) is 6.34. The summed E-state index contributed by atoms with van der Waals surface area (Å²) in [5.41, 5.74) is 1.57. The monoisotopic (exact) mass is 407 g/mol. The summed E-state index contributed by atoms with van der Waals surface area (Å²) in [5.74, 6) is -0.740. The van der Waals surface area contributed by atoms with Crippen molar-refractivity contribution in [3.8, 4) is 0 Å². The summed E-state index contributed by atoms with van der Waals surface area (Å²) in [4.78, 5) is 29.5. The number of aryl methyl sites for hydroxylation is 1. The third-order valence-corrected chi connectivity index (χ3v) is 5.01. The molecule has 0 spiro atoms. The highest BCUT2D eigenvalue weighted by atomic mass is 35.5. The number of rotatable bonds is 7. The van der Waals surface area contributed by atoms with Crippen molar-refractivity contribution in [2.24, 2.45) is 0 Å². The van der Waals surface area contributed by atoms with Crippen LogP contribution in [0.1, 0.15) is 49.0 Å². The van der Waals surface area contributed by atoms with Crippen molar-refractivity contribution in [1.82, 2.24) is 9.55 Å². The smallest absolute Gasteiger partial charge is 0.329 e. The second kappa shape index (κ2) is 8.73. The molecule has 1 aromatic heterocycles. The molecule has 2 aromatic rings. The minimum absolute atomic E-state index is 0.0314. The number of unbranched alkanes of at least 4 members (excludes halogenated alkanes) is 1. The molecule has 1 aliphatic heterocycles. The average molecular weight is 408 g/mol. The maximum Gasteiger partial charge on any atom is 0.329 e. The van der Waals surface area contributed by atoms with Gasteiger partial charge in [0.1, 0.15) is 11.9 Å². The van der Waals surface area contributed by atoms with Crippen molar-refractivity contribution in [2.45, 2.75) is 52.1 Å². The van der Waals surface area contributed by atoms with Gasteiger partial charge in [-0.25, -0.2) is 14.2 Å². The Morgan fingerprint density at radius 3 is 2.93 bits per heavy atom. The molecule has 8 heteroatoms. The van der Waals surface area contributed by atoms with Gasteiger partial charge in [0.05, 0.1) is 12.3 Å². The van der Waals surface area contributed by atoms with Crippen LogP contribution in [0.15, 0.2) is 23.0 Å². The highest BCUT2D eigenvalue weighted by Gasteiger charge is 2.33. The zero-order valence-electron chi connectivity index (χ0n) is 15.9. The van der Waals surface area contributed by atoms with Gasteiger partial charge in [0.2, 0.25) is 0 Å². The Hall–Kier alpha value is -2.41. The molecular weight excluding hydrogens is 385 g/mol. The molecule has 1 N–H and O–H groups in total. The number of fused-ring (bicyclic) bond motifs is 1. The summed E-state index contributed by atoms with van der Waals surface area (Å²) < 4.78 is 20.2. The highest BCUT2D eigenvalue weighted by Crippen LogP contribution is 2.29. The molecule has 150 valence electrons. The first-order valence-corrected chi connectivity index (χ1v) is 9.76. The molecule has 0 aliphatic carbocycles. The maximum atomic E-state index is 13.6. The van der Waals surface area contributed by atoms with Gasteiger partial charge in [-0.1, -0.05) is 31.0 Å². The van der Waals surface area contributed by atoms with Gasteiger partial charge >= 0.3 is 5.97 Å². The molecule has 0 fully saturated rings. The fourth-order valence-electron chi connectivity index (χ4n) is 3.35. The number of nitrogens with one attached hydrogen (secondary N) is 1. The molecule has 3 rings (SSSR count). The molecule has 0 bridgehead atoms. The lowest BCUT2D eigenvalue weighted by Gasteiger charge is -2.16. The van der Waals surface area contributed by atoms with Crippen LogP contribution in [0.2, 0.25) is 5.15 Å². The quantitative estimate of drug-likeness (QED) is 0.558. The van der Waals surface area contributed by atoms with E-state index in [1.807, 2.05) is 13.0 Å². The number of hydrogen-bond acceptors (Lipinski definition) is 5. The summed E-state index contributed by atoms with van der Waals surface area (Å²) in [6, 6.07) is 3.94. The minimum Gasteiger partial charge on any atom is -0.464 e. The number of benzene rings is 1. The molecule has 1 atom stereocenters. The maximum absolute atomic E-state index is 13.6. The highest BCUT2D eigenvalue weighted by molar-refractivity contribution is 6.30. The predicted molar refractivity (Wildman–Crippen MR) is 105 cm³/mol. The van der Waals surface area contributed by atoms with Crippen LogP contribution in [0.3, 0.4) is 0 Å². The first-order valence-electron chi connectivity index (χ1n) is 9.38. The summed E-state index contributed by atoms with van der Waals surface area (Å²) in [6.07, 6.45) is 2.63. The molecule has 1 aromatic carbocycles. The Morgan fingerprint density at radius 1 is 1.43 bits per heavy atom. The fraction of sp³-hybridized carbons (Fsp3) is 0.450. The minimum atomic E-state index is -0.697. The summed E-state index contributed by atoms with van der Waals surface area (Å²) in [5, 5.41) is 3.10. The van der Waals surface area contributed by atoms with E-state index < -0.39 is 17.6 Å². The van der Waals surface area contributed by atoms with E-state index >= 15 is 0 Å². The molecule has 2 heterocycles. The molecule has 0 saturated heterocycles. The van der Waals surface area contributed by atoms with Crippen LogP contribution in [0.5, 0.6) is 0 Å². The standard InChI is InChI=1S/C20H23ClFN3O3/c1-3-4-7-28-20(27)16-6-5-15-17(21)24-18(19(26)25(15)16)23-11-13-8-12(2)9-14(22)10-13/h8-10,16H,3-7,11H2,1-2H3,(H,23,24)/t16-/m0/s1. The van der Waals surface area contributed by atoms with Crippen LogP contribution in [-0.4, -0.2) is 22.1 Å². The third kappa shape index (κ3) is 4.35. The number of halogens is 2. The Morgan fingerprint density at radius 2 is 2.21 bits per heavy atom. The molecule has 0 unspecified atom stereocenters. The van der Waals surface area contributed by atoms with Crippen LogP contribution >= 0.6 is 11.6 Å². The molecule has 0 radical (unpaired) electrons. The lowest BCUT2D eigenvalue weighted by Crippen LogP contribution is -2.31. The van der Waals surface area contributed by atoms with Gasteiger partial charge in [-0.05, 0) is 49.4 Å². The predicted octanol–water partition coefficient (Wildman–Crippen LogP) is 3.79. The van der Waals surface area contributed by atoms with Crippen molar-refractivity contribution >= 4 is 23.4 Å². The topological polar surface area (TPSA) is 73.2 Å². The third-order valence-electron chi connectivity index (χ3n) is 4.70. The summed E-state index contributed by atoms with van der Waals surface area (Å²) >= 11 is 6.25. The van der Waals surface area contributed by atoms with Gasteiger partial charge in [-0.15, -0.1) is 0 Å². The van der Waals surface area contributed by atoms with Gasteiger partial charge < -0.3 is 10.1 Å². The van der Waals surface area contributed by atoms with E-state index in [0.717, 1.165) is 18.4 Å². The van der Waals surface area contributed by atoms with Gasteiger partial charge in [-0.2, -0.15) is 0 Å². The van der Waals surface area contributed by atoms with E-state index in [0.29, 0.717) is 30.7 Å². The Bertz CT molecular complexity index is 925. The van der Waals surface area contributed by atoms with Crippen LogP contribution < -0.4 is 10.9 Å². The van der Waals surface area contributed by atoms with Crippen molar-refractivity contribution in [1.29, 1.82) is 0 Å². The van der Waals surface area contributed by atoms with E-state index in [9.17, 15) is 14.0 Å². The first-order chi connectivity index (χ1) is 13.4. The van der Waals surface area contributed by atoms with Gasteiger partial charge in [0.15, 0.2) is 11.0 Å². The van der Waals surface area contributed by atoms with Crippen molar-refractivity contribution in [3.63, 3.8) is 0 Å².